The van der Waals surface area contributed by atoms with Crippen LogP contribution in [0.25, 0.3) is 0 Å². The summed E-state index contributed by atoms with van der Waals surface area (Å²) in [4.78, 5) is 12.6. The van der Waals surface area contributed by atoms with Gasteiger partial charge >= 0.3 is 0 Å². The molecule has 0 aliphatic heterocycles. The van der Waals surface area contributed by atoms with Crippen molar-refractivity contribution in [2.24, 2.45) is 0 Å². The third-order valence-corrected chi connectivity index (χ3v) is 6.67. The Labute approximate surface area is 167 Å². The molecule has 1 saturated carbocycles. The van der Waals surface area contributed by atoms with E-state index in [-0.39, 0.29) is 11.7 Å². The molecule has 1 fully saturated rings. The molecule has 1 aliphatic rings. The topological polar surface area (TPSA) is 75.3 Å². The van der Waals surface area contributed by atoms with Gasteiger partial charge in [0.05, 0.1) is 11.4 Å². The van der Waals surface area contributed by atoms with E-state index >= 15 is 0 Å². The molecule has 2 N–H and O–H groups in total. The van der Waals surface area contributed by atoms with Gasteiger partial charge in [0, 0.05) is 11.3 Å². The van der Waals surface area contributed by atoms with Crippen molar-refractivity contribution in [1.82, 2.24) is 0 Å². The summed E-state index contributed by atoms with van der Waals surface area (Å²) in [6.45, 7) is 3.40. The number of carbonyl (C=O) groups is 1. The predicted octanol–water partition coefficient (Wildman–Crippen LogP) is 5.06. The minimum atomic E-state index is -3.32. The maximum absolute atomic E-state index is 12.6. The molecule has 3 rings (SSSR count). The molecule has 5 nitrogen and oxygen atoms in total. The summed E-state index contributed by atoms with van der Waals surface area (Å²) < 4.78 is 26.0. The lowest BCUT2D eigenvalue weighted by Gasteiger charge is -2.22. The summed E-state index contributed by atoms with van der Waals surface area (Å²) in [6.07, 6.45) is 6.38. The molecule has 0 heterocycles. The lowest BCUT2D eigenvalue weighted by atomic mass is 9.84. The van der Waals surface area contributed by atoms with Crippen molar-refractivity contribution in [2.75, 3.05) is 15.8 Å². The largest absolute Gasteiger partial charge is 0.322 e. The van der Waals surface area contributed by atoms with Crippen molar-refractivity contribution in [1.29, 1.82) is 0 Å². The predicted molar refractivity (Wildman–Crippen MR) is 114 cm³/mol. The van der Waals surface area contributed by atoms with Gasteiger partial charge in [-0.25, -0.2) is 8.42 Å². The Hall–Kier alpha value is -2.34. The van der Waals surface area contributed by atoms with Crippen LogP contribution in [-0.4, -0.2) is 20.1 Å². The van der Waals surface area contributed by atoms with Gasteiger partial charge in [-0.1, -0.05) is 31.4 Å². The maximum atomic E-state index is 12.6. The number of anilines is 2. The highest BCUT2D eigenvalue weighted by Crippen LogP contribution is 2.32. The van der Waals surface area contributed by atoms with Crippen molar-refractivity contribution in [3.63, 3.8) is 0 Å². The minimum Gasteiger partial charge on any atom is -0.322 e. The second kappa shape index (κ2) is 8.78. The van der Waals surface area contributed by atoms with Gasteiger partial charge in [0.15, 0.2) is 0 Å². The van der Waals surface area contributed by atoms with Crippen LogP contribution in [0.15, 0.2) is 42.5 Å². The third kappa shape index (κ3) is 5.13. The number of nitrogens with one attached hydrogen (secondary N) is 2. The zero-order valence-corrected chi connectivity index (χ0v) is 17.3. The zero-order valence-electron chi connectivity index (χ0n) is 16.5. The number of hydrogen-bond donors (Lipinski definition) is 2. The van der Waals surface area contributed by atoms with Crippen molar-refractivity contribution in [3.05, 3.63) is 59.2 Å². The van der Waals surface area contributed by atoms with Gasteiger partial charge in [-0.2, -0.15) is 0 Å². The molecule has 1 aliphatic carbocycles. The summed E-state index contributed by atoms with van der Waals surface area (Å²) in [5.41, 5.74) is 3.85. The fraction of sp³-hybridized carbons (Fsp3) is 0.409. The van der Waals surface area contributed by atoms with Gasteiger partial charge in [-0.05, 0) is 74.1 Å². The van der Waals surface area contributed by atoms with E-state index in [0.717, 1.165) is 5.56 Å². The summed E-state index contributed by atoms with van der Waals surface area (Å²) in [5, 5.41) is 2.89. The van der Waals surface area contributed by atoms with E-state index in [2.05, 4.69) is 22.2 Å². The molecule has 150 valence electrons. The van der Waals surface area contributed by atoms with Gasteiger partial charge in [0.1, 0.15) is 0 Å². The van der Waals surface area contributed by atoms with Gasteiger partial charge in [0.25, 0.3) is 5.91 Å². The molecule has 0 atom stereocenters. The second-order valence-corrected chi connectivity index (χ2v) is 9.46. The Kier molecular flexibility index (Phi) is 6.39. The summed E-state index contributed by atoms with van der Waals surface area (Å²) in [6, 6.07) is 13.0. The van der Waals surface area contributed by atoms with E-state index in [9.17, 15) is 13.2 Å². The van der Waals surface area contributed by atoms with Crippen molar-refractivity contribution in [2.45, 2.75) is 51.9 Å². The number of hydrogen-bond acceptors (Lipinski definition) is 3. The summed E-state index contributed by atoms with van der Waals surface area (Å²) in [7, 11) is -3.32. The second-order valence-electron chi connectivity index (χ2n) is 7.45. The fourth-order valence-corrected chi connectivity index (χ4v) is 4.35. The minimum absolute atomic E-state index is 0.0157. The Morgan fingerprint density at radius 1 is 1.04 bits per heavy atom. The first-order valence-electron chi connectivity index (χ1n) is 9.90. The van der Waals surface area contributed by atoms with Crippen LogP contribution < -0.4 is 10.0 Å². The van der Waals surface area contributed by atoms with Crippen molar-refractivity contribution >= 4 is 27.3 Å². The Bertz CT molecular complexity index is 931. The lowest BCUT2D eigenvalue weighted by molar-refractivity contribution is 0.102. The van der Waals surface area contributed by atoms with Gasteiger partial charge < -0.3 is 5.32 Å². The van der Waals surface area contributed by atoms with E-state index in [1.54, 1.807) is 25.1 Å². The Balaban J connectivity index is 1.66. The number of benzene rings is 2. The number of amides is 1. The van der Waals surface area contributed by atoms with Crippen LogP contribution >= 0.6 is 0 Å². The van der Waals surface area contributed by atoms with Crippen LogP contribution in [0.5, 0.6) is 0 Å². The summed E-state index contributed by atoms with van der Waals surface area (Å²) in [5.74, 6) is 0.464. The highest BCUT2D eigenvalue weighted by atomic mass is 32.2. The zero-order chi connectivity index (χ0) is 20.1. The lowest BCUT2D eigenvalue weighted by Crippen LogP contribution is -2.16. The molecular formula is C22H28N2O3S. The molecule has 0 bridgehead atoms. The molecule has 0 aromatic heterocycles. The molecule has 0 radical (unpaired) electrons. The Morgan fingerprint density at radius 2 is 1.71 bits per heavy atom. The fourth-order valence-electron chi connectivity index (χ4n) is 3.64. The smallest absolute Gasteiger partial charge is 0.255 e. The molecule has 1 amide bonds. The number of carbonyl (C=O) groups excluding carboxylic acids is 1. The van der Waals surface area contributed by atoms with Gasteiger partial charge in [-0.3, -0.25) is 9.52 Å². The first-order chi connectivity index (χ1) is 13.4. The number of aryl methyl sites for hydroxylation is 1. The van der Waals surface area contributed by atoms with E-state index < -0.39 is 10.0 Å². The first kappa shape index (κ1) is 20.4. The molecule has 0 saturated heterocycles. The normalized spacial score (nSPS) is 15.2. The van der Waals surface area contributed by atoms with Crippen LogP contribution in [0.4, 0.5) is 11.4 Å². The molecule has 0 spiro atoms. The molecule has 6 heteroatoms. The van der Waals surface area contributed by atoms with Crippen LogP contribution in [0.2, 0.25) is 0 Å². The van der Waals surface area contributed by atoms with Crippen LogP contribution in [0.3, 0.4) is 0 Å². The van der Waals surface area contributed by atoms with E-state index in [0.29, 0.717) is 22.9 Å². The molecule has 2 aromatic carbocycles. The highest BCUT2D eigenvalue weighted by molar-refractivity contribution is 7.92. The SMILES string of the molecule is CCS(=O)(=O)Nc1ccc(NC(=O)c2ccc(C3CCCCC3)cc2)cc1C. The number of rotatable bonds is 6. The quantitative estimate of drug-likeness (QED) is 0.712. The average molecular weight is 401 g/mol. The molecule has 2 aromatic rings. The van der Waals surface area contributed by atoms with E-state index in [4.69, 9.17) is 0 Å². The number of sulfonamides is 1. The van der Waals surface area contributed by atoms with Gasteiger partial charge in [0.2, 0.25) is 10.0 Å². The highest BCUT2D eigenvalue weighted by Gasteiger charge is 2.16. The monoisotopic (exact) mass is 400 g/mol. The summed E-state index contributed by atoms with van der Waals surface area (Å²) >= 11 is 0. The van der Waals surface area contributed by atoms with Gasteiger partial charge in [-0.15, -0.1) is 0 Å². The maximum Gasteiger partial charge on any atom is 0.255 e. The first-order valence-corrected chi connectivity index (χ1v) is 11.6. The molecule has 0 unspecified atom stereocenters. The van der Waals surface area contributed by atoms with E-state index in [1.807, 2.05) is 19.1 Å². The van der Waals surface area contributed by atoms with E-state index in [1.165, 1.54) is 37.7 Å². The van der Waals surface area contributed by atoms with Crippen molar-refractivity contribution in [3.8, 4) is 0 Å². The Morgan fingerprint density at radius 3 is 2.32 bits per heavy atom. The third-order valence-electron chi connectivity index (χ3n) is 5.38. The average Bonchev–Trinajstić information content (AvgIpc) is 2.71. The van der Waals surface area contributed by atoms with Crippen molar-refractivity contribution < 1.29 is 13.2 Å². The molecule has 28 heavy (non-hydrogen) atoms. The van der Waals surface area contributed by atoms with Crippen LogP contribution in [0.1, 0.15) is 66.4 Å². The standard InChI is InChI=1S/C22H28N2O3S/c1-3-28(26,27)24-21-14-13-20(15-16(21)2)23-22(25)19-11-9-18(10-12-19)17-7-5-4-6-8-17/h9-15,17,24H,3-8H2,1-2H3,(H,23,25). The van der Waals surface area contributed by atoms with Crippen LogP contribution in [0, 0.1) is 6.92 Å². The van der Waals surface area contributed by atoms with Crippen LogP contribution in [-0.2, 0) is 10.0 Å². The molecular weight excluding hydrogens is 372 g/mol.